The van der Waals surface area contributed by atoms with Gasteiger partial charge in [-0.25, -0.2) is 9.78 Å². The van der Waals surface area contributed by atoms with Gasteiger partial charge in [-0.05, 0) is 36.4 Å². The highest BCUT2D eigenvalue weighted by Gasteiger charge is 2.11. The summed E-state index contributed by atoms with van der Waals surface area (Å²) in [6, 6.07) is 18.7. The Morgan fingerprint density at radius 3 is 2.35 bits per heavy atom. The van der Waals surface area contributed by atoms with Crippen molar-refractivity contribution in [1.82, 2.24) is 10.3 Å². The highest BCUT2D eigenvalue weighted by atomic mass is 16.5. The van der Waals surface area contributed by atoms with E-state index < -0.39 is 5.97 Å². The summed E-state index contributed by atoms with van der Waals surface area (Å²) in [4.78, 5) is 28.0. The van der Waals surface area contributed by atoms with Crippen LogP contribution >= 0.6 is 0 Å². The number of hydrogen-bond acceptors (Lipinski definition) is 5. The average molecular weight is 348 g/mol. The number of nitrogens with one attached hydrogen (secondary N) is 1. The van der Waals surface area contributed by atoms with Crippen LogP contribution in [0.5, 0.6) is 17.4 Å². The van der Waals surface area contributed by atoms with Crippen molar-refractivity contribution in [2.75, 3.05) is 7.05 Å². The molecule has 3 rings (SSSR count). The second-order valence-electron chi connectivity index (χ2n) is 5.30. The first-order valence-corrected chi connectivity index (χ1v) is 7.89. The van der Waals surface area contributed by atoms with E-state index in [9.17, 15) is 9.59 Å². The van der Waals surface area contributed by atoms with Gasteiger partial charge < -0.3 is 14.8 Å². The standard InChI is InChI=1S/C20H16N2O4/c1-21-19(23)14-6-5-9-17(12-14)26-20(24)15-10-11-18(22-13-15)25-16-7-3-2-4-8-16/h2-13H,1H3,(H,21,23). The van der Waals surface area contributed by atoms with E-state index in [2.05, 4.69) is 10.3 Å². The maximum atomic E-state index is 12.2. The van der Waals surface area contributed by atoms with Crippen LogP contribution in [0.1, 0.15) is 20.7 Å². The Balaban J connectivity index is 1.68. The van der Waals surface area contributed by atoms with Gasteiger partial charge in [-0.3, -0.25) is 4.79 Å². The molecule has 6 heteroatoms. The van der Waals surface area contributed by atoms with Crippen molar-refractivity contribution in [3.05, 3.63) is 84.1 Å². The number of para-hydroxylation sites is 1. The lowest BCUT2D eigenvalue weighted by Crippen LogP contribution is -2.18. The highest BCUT2D eigenvalue weighted by Crippen LogP contribution is 2.19. The van der Waals surface area contributed by atoms with E-state index in [4.69, 9.17) is 9.47 Å². The molecular formula is C20H16N2O4. The van der Waals surface area contributed by atoms with E-state index in [1.54, 1.807) is 30.3 Å². The number of rotatable bonds is 5. The number of carbonyl (C=O) groups is 2. The smallest absolute Gasteiger partial charge is 0.345 e. The van der Waals surface area contributed by atoms with Gasteiger partial charge in [-0.2, -0.15) is 0 Å². The van der Waals surface area contributed by atoms with Gasteiger partial charge in [-0.15, -0.1) is 0 Å². The second-order valence-corrected chi connectivity index (χ2v) is 5.30. The molecule has 0 aliphatic heterocycles. The summed E-state index contributed by atoms with van der Waals surface area (Å²) in [6.45, 7) is 0. The Morgan fingerprint density at radius 2 is 1.65 bits per heavy atom. The Kier molecular flexibility index (Phi) is 5.24. The number of benzene rings is 2. The summed E-state index contributed by atoms with van der Waals surface area (Å²) in [5, 5.41) is 2.52. The maximum Gasteiger partial charge on any atom is 0.345 e. The van der Waals surface area contributed by atoms with Crippen molar-refractivity contribution in [2.24, 2.45) is 0 Å². The summed E-state index contributed by atoms with van der Waals surface area (Å²) >= 11 is 0. The monoisotopic (exact) mass is 348 g/mol. The molecule has 130 valence electrons. The van der Waals surface area contributed by atoms with Crippen molar-refractivity contribution in [3.63, 3.8) is 0 Å². The first kappa shape index (κ1) is 17.2. The Morgan fingerprint density at radius 1 is 0.885 bits per heavy atom. The van der Waals surface area contributed by atoms with Crippen LogP contribution in [0.3, 0.4) is 0 Å². The molecule has 1 aromatic heterocycles. The fraction of sp³-hybridized carbons (Fsp3) is 0.0500. The zero-order valence-electron chi connectivity index (χ0n) is 14.0. The number of carbonyl (C=O) groups excluding carboxylic acids is 2. The highest BCUT2D eigenvalue weighted by molar-refractivity contribution is 5.95. The third kappa shape index (κ3) is 4.24. The van der Waals surface area contributed by atoms with Crippen molar-refractivity contribution in [2.45, 2.75) is 0 Å². The first-order valence-electron chi connectivity index (χ1n) is 7.89. The Labute approximate surface area is 150 Å². The van der Waals surface area contributed by atoms with E-state index in [1.807, 2.05) is 30.3 Å². The molecule has 0 saturated carbocycles. The SMILES string of the molecule is CNC(=O)c1cccc(OC(=O)c2ccc(Oc3ccccc3)nc2)c1. The summed E-state index contributed by atoms with van der Waals surface area (Å²) in [6.07, 6.45) is 1.38. The summed E-state index contributed by atoms with van der Waals surface area (Å²) in [5.74, 6) is 0.473. The molecule has 26 heavy (non-hydrogen) atoms. The lowest BCUT2D eigenvalue weighted by atomic mass is 10.2. The minimum atomic E-state index is -0.571. The molecule has 6 nitrogen and oxygen atoms in total. The van der Waals surface area contributed by atoms with Gasteiger partial charge in [0, 0.05) is 24.9 Å². The molecule has 0 radical (unpaired) electrons. The molecule has 1 amide bonds. The van der Waals surface area contributed by atoms with Gasteiger partial charge in [0.1, 0.15) is 11.5 Å². The van der Waals surface area contributed by atoms with E-state index in [0.717, 1.165) is 0 Å². The number of aromatic nitrogens is 1. The molecule has 0 fully saturated rings. The summed E-state index contributed by atoms with van der Waals surface area (Å²) in [7, 11) is 1.53. The molecule has 0 aliphatic carbocycles. The second kappa shape index (κ2) is 7.94. The Bertz CT molecular complexity index is 909. The number of ether oxygens (including phenoxy) is 2. The predicted molar refractivity (Wildman–Crippen MR) is 95.5 cm³/mol. The van der Waals surface area contributed by atoms with Gasteiger partial charge in [0.2, 0.25) is 5.88 Å². The Hall–Kier alpha value is -3.67. The third-order valence-electron chi connectivity index (χ3n) is 3.47. The maximum absolute atomic E-state index is 12.2. The number of nitrogens with zero attached hydrogens (tertiary/aromatic N) is 1. The van der Waals surface area contributed by atoms with E-state index in [1.165, 1.54) is 19.3 Å². The van der Waals surface area contributed by atoms with Crippen molar-refractivity contribution in [3.8, 4) is 17.4 Å². The lowest BCUT2D eigenvalue weighted by Gasteiger charge is -2.07. The first-order chi connectivity index (χ1) is 12.7. The minimum absolute atomic E-state index is 0.257. The molecule has 0 aliphatic rings. The van der Waals surface area contributed by atoms with Crippen LogP contribution in [-0.2, 0) is 0 Å². The zero-order chi connectivity index (χ0) is 18.4. The molecule has 1 heterocycles. The van der Waals surface area contributed by atoms with E-state index >= 15 is 0 Å². The molecule has 0 spiro atoms. The fourth-order valence-electron chi connectivity index (χ4n) is 2.18. The van der Waals surface area contributed by atoms with Gasteiger partial charge in [-0.1, -0.05) is 24.3 Å². The van der Waals surface area contributed by atoms with Crippen LogP contribution in [0.15, 0.2) is 72.9 Å². The van der Waals surface area contributed by atoms with Gasteiger partial charge in [0.15, 0.2) is 0 Å². The number of esters is 1. The fourth-order valence-corrected chi connectivity index (χ4v) is 2.18. The van der Waals surface area contributed by atoms with Crippen LogP contribution in [0, 0.1) is 0 Å². The number of amides is 1. The minimum Gasteiger partial charge on any atom is -0.439 e. The normalized spacial score (nSPS) is 10.0. The van der Waals surface area contributed by atoms with Crippen molar-refractivity contribution < 1.29 is 19.1 Å². The van der Waals surface area contributed by atoms with Crippen molar-refractivity contribution in [1.29, 1.82) is 0 Å². The summed E-state index contributed by atoms with van der Waals surface area (Å²) < 4.78 is 10.9. The number of hydrogen-bond donors (Lipinski definition) is 1. The zero-order valence-corrected chi connectivity index (χ0v) is 14.0. The quantitative estimate of drug-likeness (QED) is 0.564. The molecule has 2 aromatic carbocycles. The summed E-state index contributed by atoms with van der Waals surface area (Å²) in [5.41, 5.74) is 0.679. The van der Waals surface area contributed by atoms with Crippen LogP contribution < -0.4 is 14.8 Å². The topological polar surface area (TPSA) is 77.5 Å². The van der Waals surface area contributed by atoms with Gasteiger partial charge >= 0.3 is 5.97 Å². The van der Waals surface area contributed by atoms with Crippen molar-refractivity contribution >= 4 is 11.9 Å². The number of pyridine rings is 1. The van der Waals surface area contributed by atoms with E-state index in [-0.39, 0.29) is 17.2 Å². The largest absolute Gasteiger partial charge is 0.439 e. The lowest BCUT2D eigenvalue weighted by molar-refractivity contribution is 0.0733. The molecule has 0 unspecified atom stereocenters. The molecule has 0 bridgehead atoms. The molecule has 1 N–H and O–H groups in total. The third-order valence-corrected chi connectivity index (χ3v) is 3.47. The van der Waals surface area contributed by atoms with Gasteiger partial charge in [0.25, 0.3) is 5.91 Å². The van der Waals surface area contributed by atoms with Gasteiger partial charge in [0.05, 0.1) is 5.56 Å². The molecule has 3 aromatic rings. The van der Waals surface area contributed by atoms with Crippen LogP contribution in [0.2, 0.25) is 0 Å². The molecule has 0 saturated heterocycles. The van der Waals surface area contributed by atoms with E-state index in [0.29, 0.717) is 17.2 Å². The van der Waals surface area contributed by atoms with Crippen LogP contribution in [0.25, 0.3) is 0 Å². The molecular weight excluding hydrogens is 332 g/mol. The average Bonchev–Trinajstić information content (AvgIpc) is 2.69. The predicted octanol–water partition coefficient (Wildman–Crippen LogP) is 3.45. The van der Waals surface area contributed by atoms with Crippen LogP contribution in [0.4, 0.5) is 0 Å². The molecule has 0 atom stereocenters. The van der Waals surface area contributed by atoms with Crippen LogP contribution in [-0.4, -0.2) is 23.9 Å².